The molecule has 0 atom stereocenters. The van der Waals surface area contributed by atoms with Crippen LogP contribution in [0.5, 0.6) is 0 Å². The maximum Gasteiger partial charge on any atom is 0.253 e. The van der Waals surface area contributed by atoms with Gasteiger partial charge in [0.2, 0.25) is 0 Å². The number of hydrogen-bond acceptors (Lipinski definition) is 5. The zero-order chi connectivity index (χ0) is 22.1. The van der Waals surface area contributed by atoms with E-state index in [1.165, 1.54) is 24.3 Å². The summed E-state index contributed by atoms with van der Waals surface area (Å²) < 4.78 is 15.0. The van der Waals surface area contributed by atoms with Crippen LogP contribution in [0.4, 0.5) is 10.2 Å². The summed E-state index contributed by atoms with van der Waals surface area (Å²) in [6, 6.07) is 15.6. The fourth-order valence-corrected chi connectivity index (χ4v) is 3.99. The molecule has 7 nitrogen and oxygen atoms in total. The molecule has 4 aromatic rings. The van der Waals surface area contributed by atoms with Gasteiger partial charge in [0, 0.05) is 38.2 Å². The summed E-state index contributed by atoms with van der Waals surface area (Å²) in [6.45, 7) is 4.47. The maximum absolute atomic E-state index is 13.2. The standard InChI is InChI=1S/C24H23FN6O/c1-2-21-27-22(20-16-26-31(23(20)28-21)19-6-4-3-5-7-19)29-12-14-30(15-13-29)24(32)17-8-10-18(25)11-9-17/h3-11,16H,2,12-15H2,1H3. The van der Waals surface area contributed by atoms with Gasteiger partial charge in [-0.05, 0) is 36.4 Å². The van der Waals surface area contributed by atoms with E-state index in [0.29, 0.717) is 38.2 Å². The molecule has 0 N–H and O–H groups in total. The second kappa shape index (κ2) is 8.37. The number of halogens is 1. The molecular formula is C24H23FN6O. The second-order valence-electron chi connectivity index (χ2n) is 7.73. The van der Waals surface area contributed by atoms with Crippen molar-refractivity contribution in [3.63, 3.8) is 0 Å². The van der Waals surface area contributed by atoms with Crippen LogP contribution in [0.2, 0.25) is 0 Å². The highest BCUT2D eigenvalue weighted by Crippen LogP contribution is 2.27. The molecule has 8 heteroatoms. The number of para-hydroxylation sites is 1. The van der Waals surface area contributed by atoms with Crippen molar-refractivity contribution in [2.75, 3.05) is 31.1 Å². The highest BCUT2D eigenvalue weighted by Gasteiger charge is 2.25. The molecule has 0 radical (unpaired) electrons. The Labute approximate surface area is 185 Å². The molecule has 0 aliphatic carbocycles. The fourth-order valence-electron chi connectivity index (χ4n) is 3.99. The molecule has 5 rings (SSSR count). The molecule has 3 heterocycles. The maximum atomic E-state index is 13.2. The Hall–Kier alpha value is -3.81. The molecule has 0 saturated carbocycles. The number of amides is 1. The van der Waals surface area contributed by atoms with Crippen LogP contribution in [0.15, 0.2) is 60.8 Å². The Bertz CT molecular complexity index is 1250. The lowest BCUT2D eigenvalue weighted by molar-refractivity contribution is 0.0746. The van der Waals surface area contributed by atoms with Gasteiger partial charge in [0.15, 0.2) is 5.65 Å². The summed E-state index contributed by atoms with van der Waals surface area (Å²) in [5.74, 6) is 1.18. The van der Waals surface area contributed by atoms with Crippen molar-refractivity contribution in [2.24, 2.45) is 0 Å². The van der Waals surface area contributed by atoms with E-state index in [1.54, 1.807) is 4.90 Å². The molecule has 0 bridgehead atoms. The first-order valence-electron chi connectivity index (χ1n) is 10.7. The fraction of sp³-hybridized carbons (Fsp3) is 0.250. The number of nitrogens with zero attached hydrogens (tertiary/aromatic N) is 6. The lowest BCUT2D eigenvalue weighted by Gasteiger charge is -2.35. The van der Waals surface area contributed by atoms with E-state index in [9.17, 15) is 9.18 Å². The molecule has 1 fully saturated rings. The van der Waals surface area contributed by atoms with Crippen LogP contribution >= 0.6 is 0 Å². The highest BCUT2D eigenvalue weighted by molar-refractivity contribution is 5.94. The summed E-state index contributed by atoms with van der Waals surface area (Å²) in [5.41, 5.74) is 2.23. The molecular weight excluding hydrogens is 407 g/mol. The van der Waals surface area contributed by atoms with E-state index in [4.69, 9.17) is 9.97 Å². The lowest BCUT2D eigenvalue weighted by atomic mass is 10.1. The number of hydrogen-bond donors (Lipinski definition) is 0. The first kappa shape index (κ1) is 20.1. The lowest BCUT2D eigenvalue weighted by Crippen LogP contribution is -2.49. The number of carbonyl (C=O) groups is 1. The van der Waals surface area contributed by atoms with Gasteiger partial charge in [-0.25, -0.2) is 19.0 Å². The van der Waals surface area contributed by atoms with Crippen molar-refractivity contribution >= 4 is 22.8 Å². The Kier molecular flexibility index (Phi) is 5.26. The van der Waals surface area contributed by atoms with E-state index < -0.39 is 0 Å². The SMILES string of the molecule is CCc1nc(N2CCN(C(=O)c3ccc(F)cc3)CC2)c2cnn(-c3ccccc3)c2n1. The Morgan fingerprint density at radius 3 is 2.38 bits per heavy atom. The van der Waals surface area contributed by atoms with Crippen molar-refractivity contribution < 1.29 is 9.18 Å². The zero-order valence-electron chi connectivity index (χ0n) is 17.8. The Balaban J connectivity index is 1.41. The quantitative estimate of drug-likeness (QED) is 0.496. The highest BCUT2D eigenvalue weighted by atomic mass is 19.1. The Morgan fingerprint density at radius 2 is 1.69 bits per heavy atom. The monoisotopic (exact) mass is 430 g/mol. The molecule has 1 aliphatic heterocycles. The van der Waals surface area contributed by atoms with Gasteiger partial charge in [-0.3, -0.25) is 4.79 Å². The molecule has 1 saturated heterocycles. The zero-order valence-corrected chi connectivity index (χ0v) is 17.8. The smallest absolute Gasteiger partial charge is 0.253 e. The third-order valence-corrected chi connectivity index (χ3v) is 5.73. The number of anilines is 1. The first-order chi connectivity index (χ1) is 15.6. The van der Waals surface area contributed by atoms with Crippen molar-refractivity contribution in [2.45, 2.75) is 13.3 Å². The van der Waals surface area contributed by atoms with Crippen LogP contribution in [0.3, 0.4) is 0 Å². The largest absolute Gasteiger partial charge is 0.352 e. The first-order valence-corrected chi connectivity index (χ1v) is 10.7. The molecule has 2 aromatic carbocycles. The number of carbonyl (C=O) groups excluding carboxylic acids is 1. The normalized spacial score (nSPS) is 14.2. The van der Waals surface area contributed by atoms with E-state index in [-0.39, 0.29) is 11.7 Å². The van der Waals surface area contributed by atoms with Crippen LogP contribution in [0.1, 0.15) is 23.1 Å². The van der Waals surface area contributed by atoms with Crippen LogP contribution in [0.25, 0.3) is 16.7 Å². The molecule has 1 amide bonds. The van der Waals surface area contributed by atoms with E-state index in [1.807, 2.05) is 48.1 Å². The van der Waals surface area contributed by atoms with Crippen LogP contribution in [-0.4, -0.2) is 56.7 Å². The molecule has 0 spiro atoms. The molecule has 0 unspecified atom stereocenters. The molecule has 32 heavy (non-hydrogen) atoms. The molecule has 2 aromatic heterocycles. The van der Waals surface area contributed by atoms with Crippen molar-refractivity contribution in [3.05, 3.63) is 78.0 Å². The third kappa shape index (κ3) is 3.68. The van der Waals surface area contributed by atoms with Gasteiger partial charge in [-0.1, -0.05) is 25.1 Å². The Morgan fingerprint density at radius 1 is 0.969 bits per heavy atom. The van der Waals surface area contributed by atoms with Crippen LogP contribution < -0.4 is 4.90 Å². The van der Waals surface area contributed by atoms with Gasteiger partial charge in [-0.15, -0.1) is 0 Å². The van der Waals surface area contributed by atoms with Gasteiger partial charge in [0.25, 0.3) is 5.91 Å². The molecule has 1 aliphatic rings. The average Bonchev–Trinajstić information content (AvgIpc) is 3.28. The number of piperazine rings is 1. The van der Waals surface area contributed by atoms with Crippen molar-refractivity contribution in [1.29, 1.82) is 0 Å². The number of benzene rings is 2. The van der Waals surface area contributed by atoms with E-state index >= 15 is 0 Å². The third-order valence-electron chi connectivity index (χ3n) is 5.73. The summed E-state index contributed by atoms with van der Waals surface area (Å²) >= 11 is 0. The topological polar surface area (TPSA) is 67.2 Å². The summed E-state index contributed by atoms with van der Waals surface area (Å²) in [5, 5.41) is 5.47. The van der Waals surface area contributed by atoms with Gasteiger partial charge >= 0.3 is 0 Å². The van der Waals surface area contributed by atoms with Gasteiger partial charge in [-0.2, -0.15) is 5.10 Å². The van der Waals surface area contributed by atoms with Gasteiger partial charge in [0.05, 0.1) is 17.3 Å². The minimum atomic E-state index is -0.345. The van der Waals surface area contributed by atoms with E-state index in [0.717, 1.165) is 28.4 Å². The predicted octanol–water partition coefficient (Wildman–Crippen LogP) is 3.48. The minimum Gasteiger partial charge on any atom is -0.352 e. The average molecular weight is 430 g/mol. The number of aryl methyl sites for hydroxylation is 1. The summed E-state index contributed by atoms with van der Waals surface area (Å²) in [7, 11) is 0. The number of rotatable bonds is 4. The van der Waals surface area contributed by atoms with Crippen molar-refractivity contribution in [1.82, 2.24) is 24.6 Å². The summed E-state index contributed by atoms with van der Waals surface area (Å²) in [6.07, 6.45) is 2.53. The summed E-state index contributed by atoms with van der Waals surface area (Å²) in [4.78, 5) is 26.3. The van der Waals surface area contributed by atoms with Gasteiger partial charge < -0.3 is 9.80 Å². The molecule has 162 valence electrons. The predicted molar refractivity (Wildman–Crippen MR) is 121 cm³/mol. The van der Waals surface area contributed by atoms with Crippen molar-refractivity contribution in [3.8, 4) is 5.69 Å². The van der Waals surface area contributed by atoms with Gasteiger partial charge in [0.1, 0.15) is 17.5 Å². The van der Waals surface area contributed by atoms with Crippen LogP contribution in [-0.2, 0) is 6.42 Å². The van der Waals surface area contributed by atoms with Crippen LogP contribution in [0, 0.1) is 5.82 Å². The van der Waals surface area contributed by atoms with E-state index in [2.05, 4.69) is 10.00 Å². The minimum absolute atomic E-state index is 0.0800. The number of fused-ring (bicyclic) bond motifs is 1. The number of aromatic nitrogens is 4. The second-order valence-corrected chi connectivity index (χ2v) is 7.73.